The summed E-state index contributed by atoms with van der Waals surface area (Å²) in [5, 5.41) is 14.4. The highest BCUT2D eigenvalue weighted by atomic mass is 35.5. The van der Waals surface area contributed by atoms with Crippen molar-refractivity contribution in [3.8, 4) is 5.75 Å². The number of ether oxygens (including phenoxy) is 1. The molecule has 0 heterocycles. The minimum Gasteiger partial charge on any atom is -0.482 e. The summed E-state index contributed by atoms with van der Waals surface area (Å²) in [4.78, 5) is 10.6. The lowest BCUT2D eigenvalue weighted by Gasteiger charge is -2.31. The largest absolute Gasteiger partial charge is 0.482 e. The molecule has 1 fully saturated rings. The van der Waals surface area contributed by atoms with Crippen molar-refractivity contribution in [2.75, 3.05) is 7.05 Å². The molecule has 0 radical (unpaired) electrons. The fraction of sp³-hybridized carbons (Fsp3) is 0.538. The monoisotopic (exact) mass is 284 g/mol. The number of likely N-dealkylation sites (N-methyl/N-ethyl adjacent to an activating group) is 1. The van der Waals surface area contributed by atoms with Crippen LogP contribution in [0.1, 0.15) is 25.7 Å². The third-order valence-electron chi connectivity index (χ3n) is 3.48. The van der Waals surface area contributed by atoms with Gasteiger partial charge in [-0.1, -0.05) is 24.1 Å². The second kappa shape index (κ2) is 6.21. The summed E-state index contributed by atoms with van der Waals surface area (Å²) in [6.45, 7) is 0. The van der Waals surface area contributed by atoms with Gasteiger partial charge in [-0.05, 0) is 38.4 Å². The van der Waals surface area contributed by atoms with Gasteiger partial charge in [-0.15, -0.1) is 0 Å². The first-order chi connectivity index (χ1) is 9.13. The van der Waals surface area contributed by atoms with Gasteiger partial charge in [0.25, 0.3) is 0 Å². The van der Waals surface area contributed by atoms with Gasteiger partial charge in [0.15, 0.2) is 5.75 Å². The third kappa shape index (κ3) is 3.16. The molecule has 0 amide bonds. The first-order valence-electron chi connectivity index (χ1n) is 6.40. The van der Waals surface area contributed by atoms with Gasteiger partial charge in [-0.3, -0.25) is 10.1 Å². The van der Waals surface area contributed by atoms with E-state index >= 15 is 0 Å². The molecule has 19 heavy (non-hydrogen) atoms. The molecule has 1 aliphatic rings. The molecule has 0 saturated heterocycles. The Balaban J connectivity index is 2.22. The molecule has 1 aliphatic carbocycles. The van der Waals surface area contributed by atoms with E-state index in [4.69, 9.17) is 16.3 Å². The summed E-state index contributed by atoms with van der Waals surface area (Å²) in [5.74, 6) is 0.254. The normalized spacial score (nSPS) is 23.1. The molecular formula is C13H17ClN2O3. The van der Waals surface area contributed by atoms with Gasteiger partial charge in [-0.2, -0.15) is 0 Å². The standard InChI is InChI=1S/C13H17ClN2O3/c1-15-10-6-2-3-7-11(10)19-12-8-4-5-9(14)13(12)16(17)18/h4-5,8,10-11,15H,2-3,6-7H2,1H3. The number of halogens is 1. The zero-order chi connectivity index (χ0) is 13.8. The number of nitrogens with zero attached hydrogens (tertiary/aromatic N) is 1. The Bertz CT molecular complexity index is 467. The molecule has 5 nitrogen and oxygen atoms in total. The number of hydrogen-bond donors (Lipinski definition) is 1. The molecule has 6 heteroatoms. The molecule has 2 rings (SSSR count). The maximum atomic E-state index is 11.1. The quantitative estimate of drug-likeness (QED) is 0.681. The van der Waals surface area contributed by atoms with Gasteiger partial charge in [0.2, 0.25) is 0 Å². The number of nitrogens with one attached hydrogen (secondary N) is 1. The summed E-state index contributed by atoms with van der Waals surface area (Å²) < 4.78 is 5.84. The van der Waals surface area contributed by atoms with E-state index in [0.29, 0.717) is 0 Å². The first-order valence-corrected chi connectivity index (χ1v) is 6.78. The number of hydrogen-bond acceptors (Lipinski definition) is 4. The van der Waals surface area contributed by atoms with Gasteiger partial charge in [0.05, 0.1) is 4.92 Å². The molecule has 1 saturated carbocycles. The van der Waals surface area contributed by atoms with E-state index < -0.39 is 4.92 Å². The molecule has 0 spiro atoms. The van der Waals surface area contributed by atoms with Crippen molar-refractivity contribution >= 4 is 17.3 Å². The number of nitro groups is 1. The lowest BCUT2D eigenvalue weighted by Crippen LogP contribution is -2.43. The molecule has 2 unspecified atom stereocenters. The Morgan fingerprint density at radius 3 is 2.84 bits per heavy atom. The number of benzene rings is 1. The number of nitro benzene ring substituents is 1. The summed E-state index contributed by atoms with van der Waals surface area (Å²) in [5.41, 5.74) is -0.149. The van der Waals surface area contributed by atoms with Crippen LogP contribution in [0.5, 0.6) is 5.75 Å². The highest BCUT2D eigenvalue weighted by molar-refractivity contribution is 6.32. The van der Waals surface area contributed by atoms with Crippen molar-refractivity contribution in [3.05, 3.63) is 33.3 Å². The molecule has 1 aromatic rings. The Hall–Kier alpha value is -1.33. The van der Waals surface area contributed by atoms with E-state index in [1.807, 2.05) is 7.05 Å². The van der Waals surface area contributed by atoms with Gasteiger partial charge >= 0.3 is 5.69 Å². The molecule has 0 bridgehead atoms. The Labute approximate surface area is 117 Å². The fourth-order valence-corrected chi connectivity index (χ4v) is 2.73. The van der Waals surface area contributed by atoms with Crippen LogP contribution in [0, 0.1) is 10.1 Å². The van der Waals surface area contributed by atoms with Crippen molar-refractivity contribution in [2.45, 2.75) is 37.8 Å². The first kappa shape index (κ1) is 14.1. The van der Waals surface area contributed by atoms with Crippen LogP contribution in [-0.2, 0) is 0 Å². The third-order valence-corrected chi connectivity index (χ3v) is 3.79. The van der Waals surface area contributed by atoms with Crippen molar-refractivity contribution in [2.24, 2.45) is 0 Å². The minimum atomic E-state index is -0.491. The molecule has 2 atom stereocenters. The van der Waals surface area contributed by atoms with Crippen LogP contribution in [0.15, 0.2) is 18.2 Å². The predicted molar refractivity (Wildman–Crippen MR) is 73.8 cm³/mol. The topological polar surface area (TPSA) is 64.4 Å². The lowest BCUT2D eigenvalue weighted by molar-refractivity contribution is -0.386. The van der Waals surface area contributed by atoms with E-state index in [1.54, 1.807) is 12.1 Å². The van der Waals surface area contributed by atoms with Gasteiger partial charge in [0.1, 0.15) is 11.1 Å². The van der Waals surface area contributed by atoms with E-state index in [-0.39, 0.29) is 28.6 Å². The van der Waals surface area contributed by atoms with Gasteiger partial charge < -0.3 is 10.1 Å². The van der Waals surface area contributed by atoms with E-state index in [1.165, 1.54) is 6.07 Å². The number of para-hydroxylation sites is 1. The summed E-state index contributed by atoms with van der Waals surface area (Å²) in [7, 11) is 1.89. The van der Waals surface area contributed by atoms with Crippen LogP contribution >= 0.6 is 11.6 Å². The molecule has 1 aromatic carbocycles. The van der Waals surface area contributed by atoms with Crippen LogP contribution in [0.4, 0.5) is 5.69 Å². The molecular weight excluding hydrogens is 268 g/mol. The Kier molecular flexibility index (Phi) is 4.61. The zero-order valence-electron chi connectivity index (χ0n) is 10.8. The van der Waals surface area contributed by atoms with Crippen molar-refractivity contribution in [1.82, 2.24) is 5.32 Å². The van der Waals surface area contributed by atoms with Crippen molar-refractivity contribution < 1.29 is 9.66 Å². The zero-order valence-corrected chi connectivity index (χ0v) is 11.5. The summed E-state index contributed by atoms with van der Waals surface area (Å²) >= 11 is 5.88. The van der Waals surface area contributed by atoms with Crippen molar-refractivity contribution in [3.63, 3.8) is 0 Å². The summed E-state index contributed by atoms with van der Waals surface area (Å²) in [6.07, 6.45) is 4.11. The highest BCUT2D eigenvalue weighted by Crippen LogP contribution is 2.36. The fourth-order valence-electron chi connectivity index (χ4n) is 2.50. The SMILES string of the molecule is CNC1CCCCC1Oc1cccc(Cl)c1[N+](=O)[O-]. The van der Waals surface area contributed by atoms with Crippen LogP contribution in [0.3, 0.4) is 0 Å². The number of rotatable bonds is 4. The van der Waals surface area contributed by atoms with Crippen LogP contribution in [-0.4, -0.2) is 24.1 Å². The Morgan fingerprint density at radius 2 is 2.16 bits per heavy atom. The highest BCUT2D eigenvalue weighted by Gasteiger charge is 2.28. The maximum Gasteiger partial charge on any atom is 0.329 e. The average molecular weight is 285 g/mol. The molecule has 0 aromatic heterocycles. The molecule has 104 valence electrons. The van der Waals surface area contributed by atoms with Crippen molar-refractivity contribution in [1.29, 1.82) is 0 Å². The van der Waals surface area contributed by atoms with Gasteiger partial charge in [-0.25, -0.2) is 0 Å². The minimum absolute atomic E-state index is 0.0454. The van der Waals surface area contributed by atoms with E-state index in [9.17, 15) is 10.1 Å². The average Bonchev–Trinajstić information content (AvgIpc) is 2.39. The van der Waals surface area contributed by atoms with Crippen LogP contribution in [0.2, 0.25) is 5.02 Å². The Morgan fingerprint density at radius 1 is 1.42 bits per heavy atom. The molecule has 0 aliphatic heterocycles. The molecule has 1 N–H and O–H groups in total. The lowest BCUT2D eigenvalue weighted by atomic mass is 9.92. The maximum absolute atomic E-state index is 11.1. The smallest absolute Gasteiger partial charge is 0.329 e. The summed E-state index contributed by atoms with van der Waals surface area (Å²) in [6, 6.07) is 5.00. The predicted octanol–water partition coefficient (Wildman–Crippen LogP) is 3.16. The van der Waals surface area contributed by atoms with Crippen LogP contribution in [0.25, 0.3) is 0 Å². The second-order valence-electron chi connectivity index (χ2n) is 4.68. The van der Waals surface area contributed by atoms with Gasteiger partial charge in [0, 0.05) is 6.04 Å². The van der Waals surface area contributed by atoms with E-state index in [2.05, 4.69) is 5.32 Å². The second-order valence-corrected chi connectivity index (χ2v) is 5.09. The van der Waals surface area contributed by atoms with Crippen LogP contribution < -0.4 is 10.1 Å². The van der Waals surface area contributed by atoms with E-state index in [0.717, 1.165) is 25.7 Å².